The molecule has 1 aromatic rings. The van der Waals surface area contributed by atoms with Gasteiger partial charge in [-0.15, -0.1) is 6.42 Å². The van der Waals surface area contributed by atoms with Crippen molar-refractivity contribution in [2.24, 2.45) is 5.41 Å². The predicted molar refractivity (Wildman–Crippen MR) is 91.2 cm³/mol. The summed E-state index contributed by atoms with van der Waals surface area (Å²) in [6.45, 7) is 3.35. The Hall–Kier alpha value is -2.41. The highest BCUT2D eigenvalue weighted by Gasteiger charge is 2.45. The molecule has 4 rings (SSSR count). The van der Waals surface area contributed by atoms with Crippen LogP contribution in [0.4, 0.5) is 0 Å². The Morgan fingerprint density at radius 1 is 1.29 bits per heavy atom. The molecule has 2 heterocycles. The van der Waals surface area contributed by atoms with Gasteiger partial charge in [-0.1, -0.05) is 5.92 Å². The van der Waals surface area contributed by atoms with E-state index in [0.29, 0.717) is 16.7 Å². The topological polar surface area (TPSA) is 50.3 Å². The summed E-state index contributed by atoms with van der Waals surface area (Å²) in [5.74, 6) is 2.51. The summed E-state index contributed by atoms with van der Waals surface area (Å²) in [6.07, 6.45) is 12.6. The van der Waals surface area contributed by atoms with Crippen molar-refractivity contribution in [3.8, 4) is 12.3 Å². The van der Waals surface area contributed by atoms with Gasteiger partial charge in [0.05, 0.1) is 11.3 Å². The fourth-order valence-electron chi connectivity index (χ4n) is 3.92. The minimum absolute atomic E-state index is 0.0240. The number of terminal acetylenes is 1. The second-order valence-electron chi connectivity index (χ2n) is 7.24. The molecule has 1 aliphatic heterocycles. The van der Waals surface area contributed by atoms with Gasteiger partial charge in [0.25, 0.3) is 0 Å². The summed E-state index contributed by atoms with van der Waals surface area (Å²) in [6, 6.07) is 1.80. The molecule has 0 radical (unpaired) electrons. The molecule has 1 saturated carbocycles. The number of fused-ring (bicyclic) bond motifs is 1. The lowest BCUT2D eigenvalue weighted by Crippen LogP contribution is -2.36. The molecule has 0 bridgehead atoms. The van der Waals surface area contributed by atoms with Crippen LogP contribution in [0.25, 0.3) is 5.70 Å². The zero-order valence-electron chi connectivity index (χ0n) is 13.9. The molecule has 4 nitrogen and oxygen atoms in total. The van der Waals surface area contributed by atoms with E-state index in [9.17, 15) is 9.59 Å². The van der Waals surface area contributed by atoms with Gasteiger partial charge in [-0.05, 0) is 42.7 Å². The van der Waals surface area contributed by atoms with Crippen LogP contribution in [0.15, 0.2) is 17.8 Å². The maximum Gasteiger partial charge on any atom is 0.178 e. The highest BCUT2D eigenvalue weighted by atomic mass is 16.1. The minimum Gasteiger partial charge on any atom is -0.370 e. The number of Topliss-reactive ketones (excluding diaryl/α,β-unsaturated/α-hetero) is 2. The summed E-state index contributed by atoms with van der Waals surface area (Å²) < 4.78 is 0. The fourth-order valence-corrected chi connectivity index (χ4v) is 3.92. The maximum absolute atomic E-state index is 12.5. The van der Waals surface area contributed by atoms with E-state index in [2.05, 4.69) is 15.8 Å². The Morgan fingerprint density at radius 2 is 2.00 bits per heavy atom. The zero-order valence-corrected chi connectivity index (χ0v) is 13.9. The third-order valence-corrected chi connectivity index (χ3v) is 5.71. The molecule has 0 unspecified atom stereocenters. The van der Waals surface area contributed by atoms with Crippen LogP contribution in [0.2, 0.25) is 0 Å². The van der Waals surface area contributed by atoms with Gasteiger partial charge in [0.15, 0.2) is 11.6 Å². The number of aromatic nitrogens is 1. The minimum atomic E-state index is -0.0770. The van der Waals surface area contributed by atoms with Crippen LogP contribution in [0.3, 0.4) is 0 Å². The van der Waals surface area contributed by atoms with E-state index in [0.717, 1.165) is 42.8 Å². The third-order valence-electron chi connectivity index (χ3n) is 5.71. The van der Waals surface area contributed by atoms with Crippen molar-refractivity contribution in [2.75, 3.05) is 13.1 Å². The molecule has 0 amide bonds. The van der Waals surface area contributed by atoms with Crippen molar-refractivity contribution in [2.45, 2.75) is 39.0 Å². The van der Waals surface area contributed by atoms with Crippen molar-refractivity contribution in [3.05, 3.63) is 34.7 Å². The normalized spacial score (nSPS) is 21.5. The Balaban J connectivity index is 1.79. The van der Waals surface area contributed by atoms with E-state index in [1.54, 1.807) is 12.3 Å². The highest BCUT2D eigenvalue weighted by Crippen LogP contribution is 2.54. The van der Waals surface area contributed by atoms with E-state index >= 15 is 0 Å². The summed E-state index contributed by atoms with van der Waals surface area (Å²) in [5.41, 5.74) is 4.05. The number of carbonyl (C=O) groups excluding carboxylic acids is 2. The Labute approximate surface area is 142 Å². The molecule has 0 N–H and O–H groups in total. The van der Waals surface area contributed by atoms with Crippen molar-refractivity contribution >= 4 is 17.3 Å². The monoisotopic (exact) mass is 320 g/mol. The number of ketones is 2. The van der Waals surface area contributed by atoms with E-state index in [1.807, 2.05) is 0 Å². The molecule has 122 valence electrons. The first-order valence-electron chi connectivity index (χ1n) is 8.52. The number of nitrogens with zero attached hydrogens (tertiary/aromatic N) is 2. The number of likely N-dealkylation sites (tertiary alicyclic amines) is 1. The lowest BCUT2D eigenvalue weighted by atomic mass is 9.86. The van der Waals surface area contributed by atoms with E-state index in [4.69, 9.17) is 6.42 Å². The summed E-state index contributed by atoms with van der Waals surface area (Å²) in [4.78, 5) is 30.6. The molecule has 1 saturated heterocycles. The van der Waals surface area contributed by atoms with E-state index in [1.165, 1.54) is 19.8 Å². The van der Waals surface area contributed by atoms with Gasteiger partial charge in [0.2, 0.25) is 0 Å². The van der Waals surface area contributed by atoms with Crippen LogP contribution in [-0.2, 0) is 11.2 Å². The van der Waals surface area contributed by atoms with Crippen LogP contribution < -0.4 is 0 Å². The average Bonchev–Trinajstić information content (AvgIpc) is 3.33. The first-order valence-corrected chi connectivity index (χ1v) is 8.52. The van der Waals surface area contributed by atoms with Crippen molar-refractivity contribution < 1.29 is 9.59 Å². The smallest absolute Gasteiger partial charge is 0.178 e. The van der Waals surface area contributed by atoms with E-state index in [-0.39, 0.29) is 18.0 Å². The van der Waals surface area contributed by atoms with Crippen LogP contribution in [-0.4, -0.2) is 34.5 Å². The standard InChI is InChI=1S/C20H20N2O2/c1-3-15-18(24)10-14-12-21-17(13(2)23)11-16(14)19(15)22-8-6-20(4-5-20)7-9-22/h1,11-12H,4-10H2,2H3. The average molecular weight is 320 g/mol. The fraction of sp³-hybridized carbons (Fsp3) is 0.450. The van der Waals surface area contributed by atoms with Crippen molar-refractivity contribution in [1.82, 2.24) is 9.88 Å². The van der Waals surface area contributed by atoms with Gasteiger partial charge < -0.3 is 4.90 Å². The van der Waals surface area contributed by atoms with Gasteiger partial charge in [-0.3, -0.25) is 14.6 Å². The van der Waals surface area contributed by atoms with Gasteiger partial charge in [-0.2, -0.15) is 0 Å². The Kier molecular flexibility index (Phi) is 3.35. The van der Waals surface area contributed by atoms with Gasteiger partial charge in [0.1, 0.15) is 5.69 Å². The first kappa shape index (κ1) is 15.1. The van der Waals surface area contributed by atoms with Crippen molar-refractivity contribution in [1.29, 1.82) is 0 Å². The largest absolute Gasteiger partial charge is 0.370 e. The number of hydrogen-bond acceptors (Lipinski definition) is 4. The van der Waals surface area contributed by atoms with Gasteiger partial charge in [0, 0.05) is 38.2 Å². The second-order valence-corrected chi connectivity index (χ2v) is 7.24. The van der Waals surface area contributed by atoms with Crippen LogP contribution in [0.1, 0.15) is 54.2 Å². The maximum atomic E-state index is 12.5. The predicted octanol–water partition coefficient (Wildman–Crippen LogP) is 2.63. The molecule has 3 aliphatic rings. The molecule has 1 aromatic heterocycles. The summed E-state index contributed by atoms with van der Waals surface area (Å²) in [7, 11) is 0. The first-order chi connectivity index (χ1) is 11.5. The SMILES string of the molecule is C#CC1=C(N2CCC3(CC2)CC3)c2cc(C(C)=O)ncc2CC1=O. The molecule has 0 aromatic carbocycles. The quantitative estimate of drug-likeness (QED) is 0.621. The molecule has 2 aliphatic carbocycles. The number of hydrogen-bond donors (Lipinski definition) is 0. The molecule has 4 heteroatoms. The van der Waals surface area contributed by atoms with E-state index < -0.39 is 0 Å². The molecular weight excluding hydrogens is 300 g/mol. The lowest BCUT2D eigenvalue weighted by Gasteiger charge is -2.37. The second kappa shape index (κ2) is 5.31. The molecule has 2 fully saturated rings. The number of pyridine rings is 1. The third kappa shape index (κ3) is 2.36. The number of allylic oxidation sites excluding steroid dienone is 1. The number of carbonyl (C=O) groups is 2. The molecular formula is C20H20N2O2. The molecule has 0 atom stereocenters. The number of piperidine rings is 1. The summed E-state index contributed by atoms with van der Waals surface area (Å²) in [5, 5.41) is 0. The molecule has 24 heavy (non-hydrogen) atoms. The zero-order chi connectivity index (χ0) is 16.9. The van der Waals surface area contributed by atoms with Crippen molar-refractivity contribution in [3.63, 3.8) is 0 Å². The Morgan fingerprint density at radius 3 is 2.58 bits per heavy atom. The Bertz CT molecular complexity index is 815. The summed E-state index contributed by atoms with van der Waals surface area (Å²) >= 11 is 0. The lowest BCUT2D eigenvalue weighted by molar-refractivity contribution is -0.114. The van der Waals surface area contributed by atoms with Crippen LogP contribution >= 0.6 is 0 Å². The van der Waals surface area contributed by atoms with Crippen LogP contribution in [0, 0.1) is 17.8 Å². The van der Waals surface area contributed by atoms with Gasteiger partial charge >= 0.3 is 0 Å². The number of rotatable bonds is 2. The van der Waals surface area contributed by atoms with Gasteiger partial charge in [-0.25, -0.2) is 0 Å². The van der Waals surface area contributed by atoms with Crippen LogP contribution in [0.5, 0.6) is 0 Å². The molecule has 1 spiro atoms. The highest BCUT2D eigenvalue weighted by molar-refractivity contribution is 6.10.